The van der Waals surface area contributed by atoms with Crippen LogP contribution in [0, 0.1) is 12.3 Å². The van der Waals surface area contributed by atoms with Crippen LogP contribution in [0.15, 0.2) is 18.3 Å². The zero-order valence-corrected chi connectivity index (χ0v) is 14.5. The van der Waals surface area contributed by atoms with Crippen molar-refractivity contribution in [3.63, 3.8) is 0 Å². The molecular formula is C17H23N3O2S. The third-order valence-electron chi connectivity index (χ3n) is 4.48. The van der Waals surface area contributed by atoms with Gasteiger partial charge in [-0.25, -0.2) is 4.98 Å². The quantitative estimate of drug-likeness (QED) is 0.831. The van der Waals surface area contributed by atoms with E-state index in [-0.39, 0.29) is 17.2 Å². The van der Waals surface area contributed by atoms with Gasteiger partial charge in [-0.1, -0.05) is 19.8 Å². The summed E-state index contributed by atoms with van der Waals surface area (Å²) in [5.74, 6) is 3.63. The van der Waals surface area contributed by atoms with Crippen molar-refractivity contribution >= 4 is 22.5 Å². The number of amides is 1. The highest BCUT2D eigenvalue weighted by Gasteiger charge is 2.39. The highest BCUT2D eigenvalue weighted by atomic mass is 32.2. The Kier molecular flexibility index (Phi) is 5.78. The van der Waals surface area contributed by atoms with E-state index in [9.17, 15) is 9.00 Å². The minimum absolute atomic E-state index is 0.164. The van der Waals surface area contributed by atoms with Crippen LogP contribution < -0.4 is 10.2 Å². The Morgan fingerprint density at radius 2 is 2.22 bits per heavy atom. The van der Waals surface area contributed by atoms with E-state index in [0.717, 1.165) is 31.7 Å². The molecule has 0 radical (unpaired) electrons. The van der Waals surface area contributed by atoms with Crippen LogP contribution in [0.25, 0.3) is 0 Å². The first-order valence-corrected chi connectivity index (χ1v) is 9.19. The zero-order chi connectivity index (χ0) is 16.9. The number of terminal acetylenes is 1. The smallest absolute Gasteiger partial charge is 0.253 e. The molecule has 1 fully saturated rings. The SMILES string of the molecule is C#CCNC(=O)c1ccc(N2CCS(=O)C(CC)(CC)C2)nc1. The topological polar surface area (TPSA) is 62.3 Å². The van der Waals surface area contributed by atoms with Crippen molar-refractivity contribution in [1.29, 1.82) is 0 Å². The van der Waals surface area contributed by atoms with Gasteiger partial charge < -0.3 is 10.2 Å². The lowest BCUT2D eigenvalue weighted by Gasteiger charge is -2.41. The van der Waals surface area contributed by atoms with Gasteiger partial charge in [-0.2, -0.15) is 0 Å². The number of hydrogen-bond donors (Lipinski definition) is 1. The van der Waals surface area contributed by atoms with E-state index in [4.69, 9.17) is 6.42 Å². The van der Waals surface area contributed by atoms with Gasteiger partial charge >= 0.3 is 0 Å². The Hall–Kier alpha value is -1.87. The molecule has 2 heterocycles. The summed E-state index contributed by atoms with van der Waals surface area (Å²) in [6, 6.07) is 3.59. The molecule has 1 aromatic rings. The lowest BCUT2D eigenvalue weighted by Crippen LogP contribution is -2.53. The molecule has 1 aliphatic rings. The van der Waals surface area contributed by atoms with Crippen LogP contribution >= 0.6 is 0 Å². The van der Waals surface area contributed by atoms with Gasteiger partial charge in [-0.15, -0.1) is 6.42 Å². The van der Waals surface area contributed by atoms with Crippen molar-refractivity contribution in [3.8, 4) is 12.3 Å². The predicted molar refractivity (Wildman–Crippen MR) is 93.9 cm³/mol. The van der Waals surface area contributed by atoms with Gasteiger partial charge in [0.05, 0.1) is 16.9 Å². The first-order valence-electron chi connectivity index (χ1n) is 7.87. The maximum Gasteiger partial charge on any atom is 0.253 e. The number of hydrogen-bond acceptors (Lipinski definition) is 4. The number of pyridine rings is 1. The Morgan fingerprint density at radius 1 is 1.48 bits per heavy atom. The van der Waals surface area contributed by atoms with Crippen LogP contribution in [0.1, 0.15) is 37.0 Å². The molecule has 0 spiro atoms. The fourth-order valence-corrected chi connectivity index (χ4v) is 4.60. The normalized spacial score (nSPS) is 19.9. The van der Waals surface area contributed by atoms with Crippen LogP contribution in [0.3, 0.4) is 0 Å². The summed E-state index contributed by atoms with van der Waals surface area (Å²) in [5, 5.41) is 2.62. The van der Waals surface area contributed by atoms with E-state index >= 15 is 0 Å². The second-order valence-corrected chi connectivity index (χ2v) is 7.62. The third-order valence-corrected chi connectivity index (χ3v) is 6.71. The summed E-state index contributed by atoms with van der Waals surface area (Å²) in [7, 11) is -0.799. The van der Waals surface area contributed by atoms with E-state index in [1.807, 2.05) is 6.07 Å². The van der Waals surface area contributed by atoms with Gasteiger partial charge in [0, 0.05) is 35.8 Å². The molecule has 1 unspecified atom stereocenters. The Bertz CT molecular complexity index is 618. The molecule has 2 rings (SSSR count). The minimum Gasteiger partial charge on any atom is -0.354 e. The summed E-state index contributed by atoms with van der Waals surface area (Å²) in [6.07, 6.45) is 8.47. The monoisotopic (exact) mass is 333 g/mol. The third kappa shape index (κ3) is 3.73. The lowest BCUT2D eigenvalue weighted by molar-refractivity contribution is 0.0958. The number of aromatic nitrogens is 1. The molecule has 1 N–H and O–H groups in total. The largest absolute Gasteiger partial charge is 0.354 e. The first kappa shape index (κ1) is 17.5. The summed E-state index contributed by atoms with van der Waals surface area (Å²) >= 11 is 0. The molecule has 0 saturated carbocycles. The van der Waals surface area contributed by atoms with Crippen molar-refractivity contribution in [3.05, 3.63) is 23.9 Å². The van der Waals surface area contributed by atoms with Crippen molar-refractivity contribution < 1.29 is 9.00 Å². The lowest BCUT2D eigenvalue weighted by atomic mass is 10.0. The number of nitrogens with one attached hydrogen (secondary N) is 1. The molecular weight excluding hydrogens is 310 g/mol. The van der Waals surface area contributed by atoms with E-state index in [0.29, 0.717) is 11.3 Å². The number of rotatable bonds is 5. The maximum atomic E-state index is 12.4. The highest BCUT2D eigenvalue weighted by molar-refractivity contribution is 7.86. The van der Waals surface area contributed by atoms with Gasteiger partial charge in [0.25, 0.3) is 5.91 Å². The maximum absolute atomic E-state index is 12.4. The molecule has 1 amide bonds. The standard InChI is InChI=1S/C17H23N3O2S/c1-4-9-18-16(21)14-7-8-15(19-12-14)20-10-11-23(22)17(5-2,6-3)13-20/h1,7-8,12H,5-6,9-11,13H2,2-3H3,(H,18,21). The Morgan fingerprint density at radius 3 is 2.78 bits per heavy atom. The van der Waals surface area contributed by atoms with E-state index in [2.05, 4.69) is 35.0 Å². The van der Waals surface area contributed by atoms with Crippen LogP contribution in [0.4, 0.5) is 5.82 Å². The fraction of sp³-hybridized carbons (Fsp3) is 0.529. The van der Waals surface area contributed by atoms with E-state index in [1.165, 1.54) is 0 Å². The number of carbonyl (C=O) groups is 1. The number of anilines is 1. The zero-order valence-electron chi connectivity index (χ0n) is 13.7. The van der Waals surface area contributed by atoms with Gasteiger partial charge in [-0.05, 0) is 25.0 Å². The van der Waals surface area contributed by atoms with Crippen LogP contribution in [0.2, 0.25) is 0 Å². The van der Waals surface area contributed by atoms with Gasteiger partial charge in [-0.3, -0.25) is 9.00 Å². The highest BCUT2D eigenvalue weighted by Crippen LogP contribution is 2.30. The van der Waals surface area contributed by atoms with E-state index in [1.54, 1.807) is 12.3 Å². The summed E-state index contributed by atoms with van der Waals surface area (Å²) < 4.78 is 12.2. The van der Waals surface area contributed by atoms with Gasteiger partial charge in [0.1, 0.15) is 5.82 Å². The summed E-state index contributed by atoms with van der Waals surface area (Å²) in [4.78, 5) is 18.4. The molecule has 5 nitrogen and oxygen atoms in total. The molecule has 6 heteroatoms. The minimum atomic E-state index is -0.799. The number of carbonyl (C=O) groups excluding carboxylic acids is 1. The molecule has 1 saturated heterocycles. The predicted octanol–water partition coefficient (Wildman–Crippen LogP) is 1.57. The molecule has 1 aliphatic heterocycles. The second kappa shape index (κ2) is 7.60. The average molecular weight is 333 g/mol. The molecule has 1 aromatic heterocycles. The Labute approximate surface area is 140 Å². The summed E-state index contributed by atoms with van der Waals surface area (Å²) in [5.41, 5.74) is 0.488. The molecule has 0 aliphatic carbocycles. The molecule has 23 heavy (non-hydrogen) atoms. The molecule has 1 atom stereocenters. The Balaban J connectivity index is 2.12. The van der Waals surface area contributed by atoms with Gasteiger partial charge in [0.15, 0.2) is 0 Å². The van der Waals surface area contributed by atoms with Crippen molar-refractivity contribution in [1.82, 2.24) is 10.3 Å². The average Bonchev–Trinajstić information content (AvgIpc) is 2.60. The van der Waals surface area contributed by atoms with Crippen LogP contribution in [0.5, 0.6) is 0 Å². The van der Waals surface area contributed by atoms with Crippen LogP contribution in [-0.4, -0.2) is 45.2 Å². The number of nitrogens with zero attached hydrogens (tertiary/aromatic N) is 2. The van der Waals surface area contributed by atoms with Gasteiger partial charge in [0.2, 0.25) is 0 Å². The van der Waals surface area contributed by atoms with Crippen molar-refractivity contribution in [2.45, 2.75) is 31.4 Å². The fourth-order valence-electron chi connectivity index (χ4n) is 2.84. The molecule has 0 aromatic carbocycles. The van der Waals surface area contributed by atoms with Crippen LogP contribution in [-0.2, 0) is 10.8 Å². The van der Waals surface area contributed by atoms with Crippen molar-refractivity contribution in [2.24, 2.45) is 0 Å². The second-order valence-electron chi connectivity index (χ2n) is 5.65. The molecule has 0 bridgehead atoms. The van der Waals surface area contributed by atoms with E-state index < -0.39 is 10.8 Å². The van der Waals surface area contributed by atoms with Crippen molar-refractivity contribution in [2.75, 3.05) is 30.3 Å². The first-order chi connectivity index (χ1) is 11.1. The molecule has 124 valence electrons. The summed E-state index contributed by atoms with van der Waals surface area (Å²) in [6.45, 7) is 5.86.